The zero-order chi connectivity index (χ0) is 11.9. The quantitative estimate of drug-likeness (QED) is 0.928. The molecule has 0 atom stereocenters. The van der Waals surface area contributed by atoms with Crippen LogP contribution >= 0.6 is 15.9 Å². The molecule has 1 heterocycles. The van der Waals surface area contributed by atoms with Gasteiger partial charge in [0.2, 0.25) is 0 Å². The van der Waals surface area contributed by atoms with E-state index in [2.05, 4.69) is 26.2 Å². The Balaban J connectivity index is 1.58. The van der Waals surface area contributed by atoms with E-state index in [1.165, 1.54) is 25.7 Å². The van der Waals surface area contributed by atoms with Crippen LogP contribution in [-0.2, 0) is 0 Å². The molecule has 0 bridgehead atoms. The van der Waals surface area contributed by atoms with Gasteiger partial charge in [0.25, 0.3) is 5.91 Å². The predicted molar refractivity (Wildman–Crippen MR) is 68.7 cm³/mol. The Labute approximate surface area is 109 Å². The van der Waals surface area contributed by atoms with Gasteiger partial charge in [-0.25, -0.2) is 4.98 Å². The normalized spacial score (nSPS) is 21.0. The van der Waals surface area contributed by atoms with E-state index in [-0.39, 0.29) is 5.91 Å². The molecule has 1 aromatic heterocycles. The molecule has 2 fully saturated rings. The first kappa shape index (κ1) is 11.2. The summed E-state index contributed by atoms with van der Waals surface area (Å²) in [5, 5.41) is 3.03. The molecular weight excluding hydrogens is 280 g/mol. The fraction of sp³-hybridized carbons (Fsp3) is 0.538. The molecule has 3 rings (SSSR count). The summed E-state index contributed by atoms with van der Waals surface area (Å²) in [6.07, 6.45) is 6.93. The second-order valence-electron chi connectivity index (χ2n) is 5.18. The first-order valence-corrected chi connectivity index (χ1v) is 6.89. The summed E-state index contributed by atoms with van der Waals surface area (Å²) in [6, 6.07) is 3.59. The second-order valence-corrected chi connectivity index (χ2v) is 6.10. The first-order chi connectivity index (χ1) is 8.20. The van der Waals surface area contributed by atoms with Gasteiger partial charge in [-0.15, -0.1) is 0 Å². The number of aromatic nitrogens is 1. The van der Waals surface area contributed by atoms with Crippen molar-refractivity contribution < 1.29 is 4.79 Å². The van der Waals surface area contributed by atoms with Crippen molar-refractivity contribution in [3.05, 3.63) is 28.5 Å². The van der Waals surface area contributed by atoms with Crippen molar-refractivity contribution in [2.45, 2.75) is 25.7 Å². The lowest BCUT2D eigenvalue weighted by Crippen LogP contribution is -2.31. The number of halogens is 1. The van der Waals surface area contributed by atoms with E-state index in [0.717, 1.165) is 16.9 Å². The van der Waals surface area contributed by atoms with E-state index in [1.54, 1.807) is 12.3 Å². The summed E-state index contributed by atoms with van der Waals surface area (Å²) < 4.78 is 0.894. The van der Waals surface area contributed by atoms with E-state index >= 15 is 0 Å². The van der Waals surface area contributed by atoms with Crippen molar-refractivity contribution >= 4 is 21.8 Å². The zero-order valence-electron chi connectivity index (χ0n) is 9.58. The third kappa shape index (κ3) is 2.37. The van der Waals surface area contributed by atoms with Crippen LogP contribution in [0, 0.1) is 11.3 Å². The maximum Gasteiger partial charge on any atom is 0.269 e. The molecule has 3 nitrogen and oxygen atoms in total. The van der Waals surface area contributed by atoms with Gasteiger partial charge in [-0.3, -0.25) is 4.79 Å². The average molecular weight is 295 g/mol. The van der Waals surface area contributed by atoms with Gasteiger partial charge in [-0.05, 0) is 65.1 Å². The molecule has 0 radical (unpaired) electrons. The summed E-state index contributed by atoms with van der Waals surface area (Å²) in [7, 11) is 0. The number of hydrogen-bond donors (Lipinski definition) is 1. The average Bonchev–Trinajstić information content (AvgIpc) is 3.17. The molecule has 90 valence electrons. The molecule has 1 amide bonds. The summed E-state index contributed by atoms with van der Waals surface area (Å²) in [5.41, 5.74) is 0.949. The highest BCUT2D eigenvalue weighted by Gasteiger charge is 2.53. The summed E-state index contributed by atoms with van der Waals surface area (Å²) >= 11 is 3.31. The molecule has 1 N–H and O–H groups in total. The molecule has 2 aliphatic carbocycles. The number of hydrogen-bond acceptors (Lipinski definition) is 2. The van der Waals surface area contributed by atoms with Crippen molar-refractivity contribution in [2.75, 3.05) is 6.54 Å². The van der Waals surface area contributed by atoms with Gasteiger partial charge in [0.05, 0.1) is 0 Å². The van der Waals surface area contributed by atoms with E-state index in [1.807, 2.05) is 6.07 Å². The SMILES string of the molecule is O=C(NCC1(C2CC2)CC1)c1ccc(Br)cn1. The van der Waals surface area contributed by atoms with Crippen LogP contribution in [0.25, 0.3) is 0 Å². The fourth-order valence-corrected chi connectivity index (χ4v) is 2.68. The second kappa shape index (κ2) is 4.09. The number of pyridine rings is 1. The molecule has 0 aromatic carbocycles. The Kier molecular flexibility index (Phi) is 2.69. The minimum absolute atomic E-state index is 0.0515. The van der Waals surface area contributed by atoms with Gasteiger partial charge in [0, 0.05) is 17.2 Å². The van der Waals surface area contributed by atoms with Crippen molar-refractivity contribution in [3.63, 3.8) is 0 Å². The number of amides is 1. The summed E-state index contributed by atoms with van der Waals surface area (Å²) in [5.74, 6) is 0.824. The van der Waals surface area contributed by atoms with Crippen LogP contribution in [0.3, 0.4) is 0 Å². The predicted octanol–water partition coefficient (Wildman–Crippen LogP) is 2.76. The highest BCUT2D eigenvalue weighted by Crippen LogP contribution is 2.60. The molecular formula is C13H15BrN2O. The van der Waals surface area contributed by atoms with E-state index in [9.17, 15) is 4.79 Å². The van der Waals surface area contributed by atoms with Crippen LogP contribution in [0.15, 0.2) is 22.8 Å². The van der Waals surface area contributed by atoms with Crippen molar-refractivity contribution in [2.24, 2.45) is 11.3 Å². The Hall–Kier alpha value is -0.900. The largest absolute Gasteiger partial charge is 0.350 e. The van der Waals surface area contributed by atoms with E-state index < -0.39 is 0 Å². The van der Waals surface area contributed by atoms with Crippen molar-refractivity contribution in [1.29, 1.82) is 0 Å². The Morgan fingerprint density at radius 1 is 1.47 bits per heavy atom. The summed E-state index contributed by atoms with van der Waals surface area (Å²) in [6.45, 7) is 0.828. The minimum atomic E-state index is -0.0515. The van der Waals surface area contributed by atoms with Gasteiger partial charge in [-0.1, -0.05) is 0 Å². The number of nitrogens with one attached hydrogen (secondary N) is 1. The third-order valence-corrected chi connectivity index (χ3v) is 4.37. The number of carbonyl (C=O) groups is 1. The number of rotatable bonds is 4. The Morgan fingerprint density at radius 3 is 2.76 bits per heavy atom. The zero-order valence-corrected chi connectivity index (χ0v) is 11.2. The molecule has 0 spiro atoms. The maximum absolute atomic E-state index is 11.9. The maximum atomic E-state index is 11.9. The number of nitrogens with zero attached hydrogens (tertiary/aromatic N) is 1. The van der Waals surface area contributed by atoms with Crippen LogP contribution < -0.4 is 5.32 Å². The first-order valence-electron chi connectivity index (χ1n) is 6.09. The number of carbonyl (C=O) groups excluding carboxylic acids is 1. The van der Waals surface area contributed by atoms with E-state index in [4.69, 9.17) is 0 Å². The Bertz CT molecular complexity index is 435. The molecule has 2 saturated carbocycles. The Morgan fingerprint density at radius 2 is 2.24 bits per heavy atom. The molecule has 0 aliphatic heterocycles. The van der Waals surface area contributed by atoms with Gasteiger partial charge in [-0.2, -0.15) is 0 Å². The molecule has 17 heavy (non-hydrogen) atoms. The van der Waals surface area contributed by atoms with Gasteiger partial charge in [0.15, 0.2) is 0 Å². The summed E-state index contributed by atoms with van der Waals surface area (Å²) in [4.78, 5) is 16.0. The van der Waals surface area contributed by atoms with Crippen LogP contribution in [0.2, 0.25) is 0 Å². The standard InChI is InChI=1S/C13H15BrN2O/c14-10-3-4-11(15-7-10)12(17)16-8-13(5-6-13)9-1-2-9/h3-4,7,9H,1-2,5-6,8H2,(H,16,17). The van der Waals surface area contributed by atoms with Gasteiger partial charge in [0.1, 0.15) is 5.69 Å². The molecule has 0 unspecified atom stereocenters. The monoisotopic (exact) mass is 294 g/mol. The smallest absolute Gasteiger partial charge is 0.269 e. The van der Waals surface area contributed by atoms with Crippen LogP contribution in [0.1, 0.15) is 36.2 Å². The molecule has 1 aromatic rings. The molecule has 4 heteroatoms. The van der Waals surface area contributed by atoms with Gasteiger partial charge >= 0.3 is 0 Å². The lowest BCUT2D eigenvalue weighted by Gasteiger charge is -2.14. The van der Waals surface area contributed by atoms with Crippen LogP contribution in [0.4, 0.5) is 0 Å². The minimum Gasteiger partial charge on any atom is -0.350 e. The third-order valence-electron chi connectivity index (χ3n) is 3.90. The van der Waals surface area contributed by atoms with Crippen molar-refractivity contribution in [1.82, 2.24) is 10.3 Å². The highest BCUT2D eigenvalue weighted by atomic mass is 79.9. The lowest BCUT2D eigenvalue weighted by molar-refractivity contribution is 0.0937. The van der Waals surface area contributed by atoms with Crippen LogP contribution in [0.5, 0.6) is 0 Å². The van der Waals surface area contributed by atoms with Crippen LogP contribution in [-0.4, -0.2) is 17.4 Å². The fourth-order valence-electron chi connectivity index (χ4n) is 2.44. The highest BCUT2D eigenvalue weighted by molar-refractivity contribution is 9.10. The van der Waals surface area contributed by atoms with E-state index in [0.29, 0.717) is 11.1 Å². The molecule has 0 saturated heterocycles. The lowest BCUT2D eigenvalue weighted by atomic mass is 10.0. The van der Waals surface area contributed by atoms with Crippen molar-refractivity contribution in [3.8, 4) is 0 Å². The topological polar surface area (TPSA) is 42.0 Å². The molecule has 2 aliphatic rings. The van der Waals surface area contributed by atoms with Gasteiger partial charge < -0.3 is 5.32 Å².